The fraction of sp³-hybridized carbons (Fsp3) is 0.429. The van der Waals surface area contributed by atoms with Gasteiger partial charge in [0.15, 0.2) is 0 Å². The number of ether oxygens (including phenoxy) is 3. The van der Waals surface area contributed by atoms with Gasteiger partial charge in [-0.05, 0) is 84.7 Å². The highest BCUT2D eigenvalue weighted by Crippen LogP contribution is 2.35. The van der Waals surface area contributed by atoms with E-state index in [1.165, 1.54) is 21.3 Å². The number of nitrogens with one attached hydrogen (secondary N) is 5. The molecule has 16 heteroatoms. The zero-order valence-corrected chi connectivity index (χ0v) is 33.6. The second kappa shape index (κ2) is 17.1. The van der Waals surface area contributed by atoms with Gasteiger partial charge in [-0.1, -0.05) is 44.2 Å². The molecular formula is C42H51N9O7. The van der Waals surface area contributed by atoms with Gasteiger partial charge >= 0.3 is 18.2 Å². The monoisotopic (exact) mass is 793 g/mol. The van der Waals surface area contributed by atoms with Crippen molar-refractivity contribution in [3.8, 4) is 22.4 Å². The number of likely N-dealkylation sites (tertiary alicyclic amines) is 2. The van der Waals surface area contributed by atoms with Crippen LogP contribution in [0.2, 0.25) is 0 Å². The van der Waals surface area contributed by atoms with Crippen molar-refractivity contribution < 1.29 is 33.4 Å². The molecular weight excluding hydrogens is 743 g/mol. The Morgan fingerprint density at radius 3 is 2.05 bits per heavy atom. The summed E-state index contributed by atoms with van der Waals surface area (Å²) in [6.45, 7) is 6.68. The van der Waals surface area contributed by atoms with Gasteiger partial charge in [0.25, 0.3) is 0 Å². The number of alkyl carbamates (subject to hydrolysis) is 2. The van der Waals surface area contributed by atoms with Crippen LogP contribution in [0.1, 0.15) is 70.2 Å². The van der Waals surface area contributed by atoms with Crippen molar-refractivity contribution in [3.05, 3.63) is 72.4 Å². The molecule has 2 aliphatic rings. The largest absolute Gasteiger partial charge is 0.453 e. The predicted molar refractivity (Wildman–Crippen MR) is 217 cm³/mol. The van der Waals surface area contributed by atoms with Crippen LogP contribution in [0.15, 0.2) is 60.8 Å². The van der Waals surface area contributed by atoms with Gasteiger partial charge in [-0.25, -0.2) is 24.4 Å². The number of rotatable bonds is 11. The molecule has 306 valence electrons. The summed E-state index contributed by atoms with van der Waals surface area (Å²) in [6, 6.07) is 17.1. The number of H-pyrrole nitrogens is 2. The number of urea groups is 1. The van der Waals surface area contributed by atoms with E-state index in [2.05, 4.69) is 74.4 Å². The number of fused-ring (bicyclic) bond motifs is 2. The number of carbonyl (C=O) groups excluding carboxylic acids is 4. The fourth-order valence-electron chi connectivity index (χ4n) is 7.87. The second-order valence-electron chi connectivity index (χ2n) is 15.2. The van der Waals surface area contributed by atoms with Gasteiger partial charge in [-0.15, -0.1) is 0 Å². The highest BCUT2D eigenvalue weighted by Gasteiger charge is 2.39. The van der Waals surface area contributed by atoms with Crippen LogP contribution in [0.3, 0.4) is 0 Å². The molecule has 0 aliphatic carbocycles. The van der Waals surface area contributed by atoms with Crippen molar-refractivity contribution in [3.63, 3.8) is 0 Å². The molecule has 5 atom stereocenters. The Morgan fingerprint density at radius 2 is 1.36 bits per heavy atom. The Bertz CT molecular complexity index is 2300. The van der Waals surface area contributed by atoms with Crippen LogP contribution in [0, 0.1) is 5.92 Å². The van der Waals surface area contributed by atoms with Gasteiger partial charge in [-0.3, -0.25) is 4.79 Å². The third-order valence-electron chi connectivity index (χ3n) is 11.2. The molecule has 2 aliphatic heterocycles. The zero-order chi connectivity index (χ0) is 41.1. The van der Waals surface area contributed by atoms with Crippen molar-refractivity contribution in [1.82, 2.24) is 45.7 Å². The lowest BCUT2D eigenvalue weighted by Crippen LogP contribution is -2.54. The highest BCUT2D eigenvalue weighted by molar-refractivity contribution is 5.92. The molecule has 0 radical (unpaired) electrons. The summed E-state index contributed by atoms with van der Waals surface area (Å²) in [4.78, 5) is 71.0. The summed E-state index contributed by atoms with van der Waals surface area (Å²) in [6.07, 6.45) is 2.51. The minimum atomic E-state index is -0.900. The number of nitrogens with zero attached hydrogens (tertiary/aromatic N) is 4. The average molecular weight is 794 g/mol. The standard InChI is InChI=1S/C42H51N9O7/c1-23(2)36(49-42(55)58-6)48-40(53)51-18-8-10-34(51)38-44-30-16-15-28(21-31(30)45-38)26-11-12-27-20-29(14-13-25(27)19-26)32-22-43-37(46-32)33-9-7-17-50(33)39(52)35(24(3)56-4)47-41(54)57-5/h11-16,19-24,33-36H,7-10,17-18H2,1-6H3,(H,43,46)(H,44,45)(H,47,54)(H,48,53)(H,49,55)/t24-,33+,34+,35+,36+/m1/s1. The maximum atomic E-state index is 13.7. The fourth-order valence-corrected chi connectivity index (χ4v) is 7.87. The lowest BCUT2D eigenvalue weighted by atomic mass is 9.99. The molecule has 4 heterocycles. The SMILES string of the molecule is COC(=O)N[C@H](NC(=O)N1CCC[C@H]1c1nc2ccc(-c3ccc4cc(-c5cnc([C@@H]6CCCN6C(=O)[C@@H](NC(=O)OC)[C@@H](C)OC)[nH]5)ccc4c3)cc2[nH]1)C(C)C. The molecule has 16 nitrogen and oxygen atoms in total. The van der Waals surface area contributed by atoms with E-state index < -0.39 is 30.5 Å². The molecule has 5 N–H and O–H groups in total. The molecule has 2 fully saturated rings. The van der Waals surface area contributed by atoms with E-state index >= 15 is 0 Å². The van der Waals surface area contributed by atoms with Crippen LogP contribution in [0.5, 0.6) is 0 Å². The van der Waals surface area contributed by atoms with Crippen molar-refractivity contribution in [2.75, 3.05) is 34.4 Å². The number of imidazole rings is 2. The average Bonchev–Trinajstić information content (AvgIpc) is 4.07. The van der Waals surface area contributed by atoms with E-state index in [9.17, 15) is 19.2 Å². The van der Waals surface area contributed by atoms with Crippen LogP contribution in [0.4, 0.5) is 14.4 Å². The van der Waals surface area contributed by atoms with Crippen molar-refractivity contribution in [2.45, 2.75) is 76.8 Å². The Balaban J connectivity index is 1.05. The van der Waals surface area contributed by atoms with Gasteiger partial charge in [0.05, 0.1) is 55.3 Å². The van der Waals surface area contributed by atoms with Gasteiger partial charge in [-0.2, -0.15) is 0 Å². The lowest BCUT2D eigenvalue weighted by Gasteiger charge is -2.30. The molecule has 5 amide bonds. The van der Waals surface area contributed by atoms with E-state index in [1.807, 2.05) is 19.9 Å². The van der Waals surface area contributed by atoms with Crippen LogP contribution >= 0.6 is 0 Å². The number of aromatic amines is 2. The number of carbonyl (C=O) groups is 4. The molecule has 0 bridgehead atoms. The van der Waals surface area contributed by atoms with E-state index in [0.29, 0.717) is 18.9 Å². The first kappa shape index (κ1) is 40.1. The summed E-state index contributed by atoms with van der Waals surface area (Å²) >= 11 is 0. The van der Waals surface area contributed by atoms with Crippen molar-refractivity contribution >= 4 is 45.9 Å². The molecule has 58 heavy (non-hydrogen) atoms. The highest BCUT2D eigenvalue weighted by atomic mass is 16.5. The maximum Gasteiger partial charge on any atom is 0.408 e. The summed E-state index contributed by atoms with van der Waals surface area (Å²) in [5.41, 5.74) is 5.58. The van der Waals surface area contributed by atoms with Crippen LogP contribution in [-0.2, 0) is 19.0 Å². The number of amides is 5. The third-order valence-corrected chi connectivity index (χ3v) is 11.2. The van der Waals surface area contributed by atoms with Gasteiger partial charge in [0.2, 0.25) is 5.91 Å². The first-order valence-corrected chi connectivity index (χ1v) is 19.7. The number of aromatic nitrogens is 4. The van der Waals surface area contributed by atoms with E-state index in [4.69, 9.17) is 24.2 Å². The zero-order valence-electron chi connectivity index (χ0n) is 33.6. The molecule has 3 aromatic carbocycles. The second-order valence-corrected chi connectivity index (χ2v) is 15.2. The van der Waals surface area contributed by atoms with E-state index in [0.717, 1.165) is 75.7 Å². The Kier molecular flexibility index (Phi) is 11.8. The summed E-state index contributed by atoms with van der Waals surface area (Å²) < 4.78 is 14.9. The minimum absolute atomic E-state index is 0.0475. The number of hydrogen-bond acceptors (Lipinski definition) is 9. The maximum absolute atomic E-state index is 13.7. The molecule has 5 aromatic rings. The van der Waals surface area contributed by atoms with Gasteiger partial charge < -0.3 is 49.9 Å². The Morgan fingerprint density at radius 1 is 0.741 bits per heavy atom. The van der Waals surface area contributed by atoms with Crippen LogP contribution in [0.25, 0.3) is 44.2 Å². The molecule has 0 spiro atoms. The summed E-state index contributed by atoms with van der Waals surface area (Å²) in [5.74, 6) is 1.12. The van der Waals surface area contributed by atoms with E-state index in [1.54, 1.807) is 22.9 Å². The topological polar surface area (TPSA) is 196 Å². The Labute approximate surface area is 336 Å². The number of methoxy groups -OCH3 is 3. The molecule has 2 aromatic heterocycles. The first-order valence-electron chi connectivity index (χ1n) is 19.7. The summed E-state index contributed by atoms with van der Waals surface area (Å²) in [7, 11) is 4.05. The third kappa shape index (κ3) is 8.28. The van der Waals surface area contributed by atoms with Gasteiger partial charge in [0, 0.05) is 25.8 Å². The molecule has 2 saturated heterocycles. The number of benzene rings is 3. The molecule has 0 saturated carbocycles. The molecule has 0 unspecified atom stereocenters. The smallest absolute Gasteiger partial charge is 0.408 e. The molecule has 7 rings (SSSR count). The van der Waals surface area contributed by atoms with E-state index in [-0.39, 0.29) is 29.9 Å². The van der Waals surface area contributed by atoms with Crippen molar-refractivity contribution in [1.29, 1.82) is 0 Å². The normalized spacial score (nSPS) is 18.3. The predicted octanol–water partition coefficient (Wildman–Crippen LogP) is 6.38. The van der Waals surface area contributed by atoms with Crippen molar-refractivity contribution in [2.24, 2.45) is 5.92 Å². The van der Waals surface area contributed by atoms with Crippen LogP contribution in [-0.4, -0.2) is 107 Å². The van der Waals surface area contributed by atoms with Gasteiger partial charge in [0.1, 0.15) is 23.9 Å². The van der Waals surface area contributed by atoms with Crippen LogP contribution < -0.4 is 16.0 Å². The summed E-state index contributed by atoms with van der Waals surface area (Å²) in [5, 5.41) is 10.4. The lowest BCUT2D eigenvalue weighted by molar-refractivity contribution is -0.137. The minimum Gasteiger partial charge on any atom is -0.453 e. The Hall–Kier alpha value is -6.16. The first-order chi connectivity index (χ1) is 28.0. The number of hydrogen-bond donors (Lipinski definition) is 5. The quantitative estimate of drug-likeness (QED) is 0.0943.